The van der Waals surface area contributed by atoms with Crippen molar-refractivity contribution in [3.63, 3.8) is 0 Å². The van der Waals surface area contributed by atoms with Gasteiger partial charge in [-0.05, 0) is 6.07 Å². The van der Waals surface area contributed by atoms with Gasteiger partial charge in [-0.3, -0.25) is 0 Å². The Kier molecular flexibility index (Phi) is 2.16. The van der Waals surface area contributed by atoms with E-state index in [1.807, 2.05) is 0 Å². The third-order valence-corrected chi connectivity index (χ3v) is 1.57. The zero-order valence-corrected chi connectivity index (χ0v) is 6.45. The van der Waals surface area contributed by atoms with E-state index in [0.29, 0.717) is 15.7 Å². The zero-order valence-electron chi connectivity index (χ0n) is 4.94. The molecule has 50 valence electrons. The maximum absolute atomic E-state index is 6.65. The minimum Gasteiger partial charge on any atom is -0.237 e. The molecule has 0 bridgehead atoms. The van der Waals surface area contributed by atoms with Crippen LogP contribution in [0.3, 0.4) is 0 Å². The molecule has 10 heavy (non-hydrogen) atoms. The van der Waals surface area contributed by atoms with Crippen LogP contribution in [0.4, 0.5) is 5.69 Å². The van der Waals surface area contributed by atoms with Crippen molar-refractivity contribution in [1.29, 1.82) is 0 Å². The average Bonchev–Trinajstić information content (AvgIpc) is 1.88. The highest BCUT2D eigenvalue weighted by Gasteiger charge is 1.97. The van der Waals surface area contributed by atoms with Gasteiger partial charge in [-0.25, -0.2) is 4.85 Å². The van der Waals surface area contributed by atoms with E-state index in [2.05, 4.69) is 4.85 Å². The fraction of sp³-hybridized carbons (Fsp3) is 0. The minimum absolute atomic E-state index is 0.405. The quantitative estimate of drug-likeness (QED) is 0.527. The highest BCUT2D eigenvalue weighted by atomic mass is 35.5. The van der Waals surface area contributed by atoms with Gasteiger partial charge in [0.1, 0.15) is 0 Å². The SMILES string of the molecule is [C-]#[N+]c1ccc(Cl)cc1Cl. The molecule has 1 nitrogen and oxygen atoms in total. The molecule has 0 amide bonds. The Morgan fingerprint density at radius 2 is 2.00 bits per heavy atom. The van der Waals surface area contributed by atoms with Gasteiger partial charge in [0.05, 0.1) is 6.57 Å². The molecule has 1 aromatic rings. The first-order valence-electron chi connectivity index (χ1n) is 2.56. The molecule has 0 radical (unpaired) electrons. The summed E-state index contributed by atoms with van der Waals surface area (Å²) in [5.41, 5.74) is 0.436. The van der Waals surface area contributed by atoms with Crippen LogP contribution in [0.15, 0.2) is 18.2 Å². The number of nitrogens with zero attached hydrogens (tertiary/aromatic N) is 1. The van der Waals surface area contributed by atoms with Crippen molar-refractivity contribution in [2.45, 2.75) is 0 Å². The maximum atomic E-state index is 6.65. The fourth-order valence-corrected chi connectivity index (χ4v) is 1.02. The van der Waals surface area contributed by atoms with Gasteiger partial charge in [0.25, 0.3) is 0 Å². The van der Waals surface area contributed by atoms with Gasteiger partial charge >= 0.3 is 0 Å². The molecule has 0 atom stereocenters. The van der Waals surface area contributed by atoms with Crippen molar-refractivity contribution in [3.05, 3.63) is 39.7 Å². The smallest absolute Gasteiger partial charge is 0.205 e. The van der Waals surface area contributed by atoms with Gasteiger partial charge in [0.2, 0.25) is 5.69 Å². The van der Waals surface area contributed by atoms with Gasteiger partial charge in [-0.2, -0.15) is 0 Å². The molecule has 3 heteroatoms. The molecule has 1 aromatic carbocycles. The molecule has 0 fully saturated rings. The van der Waals surface area contributed by atoms with Gasteiger partial charge in [0.15, 0.2) is 0 Å². The second-order valence-electron chi connectivity index (χ2n) is 1.71. The van der Waals surface area contributed by atoms with Crippen molar-refractivity contribution in [2.75, 3.05) is 0 Å². The first-order chi connectivity index (χ1) is 4.74. The molecule has 0 aliphatic rings. The first kappa shape index (κ1) is 7.40. The van der Waals surface area contributed by atoms with Crippen LogP contribution < -0.4 is 0 Å². The average molecular weight is 172 g/mol. The Hall–Kier alpha value is -0.710. The van der Waals surface area contributed by atoms with E-state index < -0.39 is 0 Å². The Labute approximate surface area is 69.0 Å². The molecule has 0 unspecified atom stereocenters. The van der Waals surface area contributed by atoms with Crippen LogP contribution >= 0.6 is 23.2 Å². The van der Waals surface area contributed by atoms with Crippen LogP contribution in [0, 0.1) is 6.57 Å². The fourth-order valence-electron chi connectivity index (χ4n) is 0.572. The van der Waals surface area contributed by atoms with Crippen LogP contribution in [-0.4, -0.2) is 0 Å². The van der Waals surface area contributed by atoms with Crippen molar-refractivity contribution in [2.24, 2.45) is 0 Å². The third-order valence-electron chi connectivity index (χ3n) is 1.03. The highest BCUT2D eigenvalue weighted by Crippen LogP contribution is 2.27. The largest absolute Gasteiger partial charge is 0.237 e. The van der Waals surface area contributed by atoms with Crippen molar-refractivity contribution < 1.29 is 0 Å². The van der Waals surface area contributed by atoms with Crippen LogP contribution in [-0.2, 0) is 0 Å². The van der Waals surface area contributed by atoms with Gasteiger partial charge < -0.3 is 0 Å². The lowest BCUT2D eigenvalue weighted by atomic mass is 10.3. The topological polar surface area (TPSA) is 4.36 Å². The Morgan fingerprint density at radius 1 is 1.30 bits per heavy atom. The molecule has 1 rings (SSSR count). The van der Waals surface area contributed by atoms with Crippen LogP contribution in [0.5, 0.6) is 0 Å². The standard InChI is InChI=1S/C7H3Cl2N/c1-10-7-3-2-5(8)4-6(7)9/h2-4H. The van der Waals surface area contributed by atoms with E-state index in [1.165, 1.54) is 0 Å². The molecule has 0 aliphatic carbocycles. The summed E-state index contributed by atoms with van der Waals surface area (Å²) in [4.78, 5) is 3.17. The van der Waals surface area contributed by atoms with Crippen LogP contribution in [0.2, 0.25) is 10.0 Å². The summed E-state index contributed by atoms with van der Waals surface area (Å²) < 4.78 is 0. The van der Waals surface area contributed by atoms with Gasteiger partial charge in [0, 0.05) is 10.0 Å². The van der Waals surface area contributed by atoms with Crippen molar-refractivity contribution in [1.82, 2.24) is 0 Å². The number of halogens is 2. The Balaban J connectivity index is 3.23. The lowest BCUT2D eigenvalue weighted by Gasteiger charge is -1.92. The summed E-state index contributed by atoms with van der Waals surface area (Å²) in [6, 6.07) is 4.79. The summed E-state index contributed by atoms with van der Waals surface area (Å²) >= 11 is 11.2. The van der Waals surface area contributed by atoms with Crippen LogP contribution in [0.1, 0.15) is 0 Å². The number of hydrogen-bond donors (Lipinski definition) is 0. The summed E-state index contributed by atoms with van der Waals surface area (Å²) in [6.07, 6.45) is 0. The van der Waals surface area contributed by atoms with Crippen molar-refractivity contribution >= 4 is 28.9 Å². The van der Waals surface area contributed by atoms with Crippen molar-refractivity contribution in [3.8, 4) is 0 Å². The maximum Gasteiger partial charge on any atom is 0.205 e. The first-order valence-corrected chi connectivity index (χ1v) is 3.32. The number of hydrogen-bond acceptors (Lipinski definition) is 0. The lowest BCUT2D eigenvalue weighted by Crippen LogP contribution is -1.65. The predicted octanol–water partition coefficient (Wildman–Crippen LogP) is 3.54. The number of rotatable bonds is 0. The monoisotopic (exact) mass is 171 g/mol. The molecule has 0 spiro atoms. The number of benzene rings is 1. The van der Waals surface area contributed by atoms with Gasteiger partial charge in [-0.1, -0.05) is 35.3 Å². The molecule has 0 aromatic heterocycles. The Bertz CT molecular complexity index is 288. The molecule has 0 aliphatic heterocycles. The van der Waals surface area contributed by atoms with Gasteiger partial charge in [-0.15, -0.1) is 0 Å². The second-order valence-corrected chi connectivity index (χ2v) is 2.55. The second kappa shape index (κ2) is 2.92. The van der Waals surface area contributed by atoms with E-state index in [1.54, 1.807) is 18.2 Å². The highest BCUT2D eigenvalue weighted by molar-refractivity contribution is 6.36. The van der Waals surface area contributed by atoms with Crippen LogP contribution in [0.25, 0.3) is 4.85 Å². The molecular formula is C7H3Cl2N. The summed E-state index contributed by atoms with van der Waals surface area (Å²) in [5, 5.41) is 0.958. The molecule has 0 saturated carbocycles. The summed E-state index contributed by atoms with van der Waals surface area (Å²) in [5.74, 6) is 0. The third kappa shape index (κ3) is 1.41. The van der Waals surface area contributed by atoms with E-state index in [-0.39, 0.29) is 0 Å². The lowest BCUT2D eigenvalue weighted by molar-refractivity contribution is 1.71. The van der Waals surface area contributed by atoms with E-state index in [4.69, 9.17) is 29.8 Å². The minimum atomic E-state index is 0.405. The van der Waals surface area contributed by atoms with E-state index >= 15 is 0 Å². The molecule has 0 N–H and O–H groups in total. The van der Waals surface area contributed by atoms with E-state index in [0.717, 1.165) is 0 Å². The normalized spacial score (nSPS) is 8.90. The molecular weight excluding hydrogens is 169 g/mol. The Morgan fingerprint density at radius 3 is 2.50 bits per heavy atom. The summed E-state index contributed by atoms with van der Waals surface area (Å²) in [6.45, 7) is 6.65. The predicted molar refractivity (Wildman–Crippen MR) is 42.7 cm³/mol. The van der Waals surface area contributed by atoms with E-state index in [9.17, 15) is 0 Å². The molecule has 0 heterocycles. The zero-order chi connectivity index (χ0) is 7.56. The molecule has 0 saturated heterocycles. The summed E-state index contributed by atoms with van der Waals surface area (Å²) in [7, 11) is 0.